The van der Waals surface area contributed by atoms with Gasteiger partial charge in [0.15, 0.2) is 0 Å². The molecule has 0 bridgehead atoms. The second kappa shape index (κ2) is 13.7. The van der Waals surface area contributed by atoms with Crippen molar-refractivity contribution < 1.29 is 34.5 Å². The third-order valence-electron chi connectivity index (χ3n) is 5.14. The van der Waals surface area contributed by atoms with E-state index in [9.17, 15) is 34.5 Å². The van der Waals surface area contributed by atoms with Gasteiger partial charge in [-0.3, -0.25) is 14.4 Å². The molecule has 0 aromatic heterocycles. The lowest BCUT2D eigenvalue weighted by atomic mass is 9.99. The molecule has 1 aromatic rings. The second-order valence-electron chi connectivity index (χ2n) is 7.67. The molecule has 1 rings (SSSR count). The zero-order valence-electron chi connectivity index (χ0n) is 18.5. The number of phenolic OH excluding ortho intramolecular Hbond substituents is 1. The van der Waals surface area contributed by atoms with Crippen molar-refractivity contribution in [2.45, 2.75) is 50.9 Å². The van der Waals surface area contributed by atoms with Gasteiger partial charge in [0.05, 0.1) is 12.6 Å². The van der Waals surface area contributed by atoms with E-state index in [0.717, 1.165) is 0 Å². The Morgan fingerprint density at radius 2 is 1.55 bits per heavy atom. The molecule has 5 atom stereocenters. The molecule has 0 saturated carbocycles. The maximum Gasteiger partial charge on any atom is 0.326 e. The molecule has 0 aliphatic heterocycles. The Balaban J connectivity index is 2.73. The number of hydrogen-bond donors (Lipinski definition) is 8. The fourth-order valence-corrected chi connectivity index (χ4v) is 3.11. The summed E-state index contributed by atoms with van der Waals surface area (Å²) < 4.78 is 0. The summed E-state index contributed by atoms with van der Waals surface area (Å²) in [5.41, 5.74) is 6.60. The number of hydrogen-bond acceptors (Lipinski definition) is 8. The van der Waals surface area contributed by atoms with Gasteiger partial charge in [0, 0.05) is 5.75 Å². The van der Waals surface area contributed by atoms with Crippen LogP contribution in [0.1, 0.15) is 25.8 Å². The Bertz CT molecular complexity index is 821. The van der Waals surface area contributed by atoms with Crippen LogP contribution in [0.15, 0.2) is 24.3 Å². The van der Waals surface area contributed by atoms with E-state index in [1.165, 1.54) is 12.1 Å². The molecule has 3 amide bonds. The van der Waals surface area contributed by atoms with Crippen LogP contribution >= 0.6 is 12.6 Å². The molecule has 33 heavy (non-hydrogen) atoms. The van der Waals surface area contributed by atoms with Crippen LogP contribution in [0.25, 0.3) is 0 Å². The van der Waals surface area contributed by atoms with Crippen molar-refractivity contribution in [3.05, 3.63) is 29.8 Å². The first-order valence-corrected chi connectivity index (χ1v) is 11.1. The van der Waals surface area contributed by atoms with Crippen molar-refractivity contribution in [2.75, 3.05) is 12.4 Å². The second-order valence-corrected chi connectivity index (χ2v) is 8.04. The minimum Gasteiger partial charge on any atom is -0.508 e. The number of carboxylic acids is 1. The van der Waals surface area contributed by atoms with Crippen molar-refractivity contribution in [3.63, 3.8) is 0 Å². The van der Waals surface area contributed by atoms with Gasteiger partial charge in [0.25, 0.3) is 0 Å². The Hall–Kier alpha value is -2.83. The molecule has 0 heterocycles. The van der Waals surface area contributed by atoms with Gasteiger partial charge in [-0.2, -0.15) is 12.6 Å². The Morgan fingerprint density at radius 1 is 1.00 bits per heavy atom. The monoisotopic (exact) mass is 484 g/mol. The number of aliphatic hydroxyl groups excluding tert-OH is 1. The molecule has 0 radical (unpaired) electrons. The van der Waals surface area contributed by atoms with E-state index < -0.39 is 54.5 Å². The highest BCUT2D eigenvalue weighted by molar-refractivity contribution is 7.80. The molecular formula is C21H32N4O7S. The van der Waals surface area contributed by atoms with Gasteiger partial charge in [-0.1, -0.05) is 32.4 Å². The number of carbonyl (C=O) groups excluding carboxylic acids is 3. The first-order valence-electron chi connectivity index (χ1n) is 10.4. The number of nitrogens with two attached hydrogens (primary N) is 1. The predicted molar refractivity (Wildman–Crippen MR) is 124 cm³/mol. The summed E-state index contributed by atoms with van der Waals surface area (Å²) in [4.78, 5) is 48.8. The van der Waals surface area contributed by atoms with Gasteiger partial charge >= 0.3 is 5.97 Å². The summed E-state index contributed by atoms with van der Waals surface area (Å²) in [6, 6.07) is 1.38. The van der Waals surface area contributed by atoms with Crippen molar-refractivity contribution in [2.24, 2.45) is 11.7 Å². The fourth-order valence-electron chi connectivity index (χ4n) is 2.85. The van der Waals surface area contributed by atoms with Gasteiger partial charge in [0.1, 0.15) is 23.9 Å². The summed E-state index contributed by atoms with van der Waals surface area (Å²) in [6.45, 7) is 2.64. The number of amides is 3. The number of aromatic hydroxyl groups is 1. The number of thiol groups is 1. The molecule has 11 nitrogen and oxygen atoms in total. The lowest BCUT2D eigenvalue weighted by Gasteiger charge is -2.25. The minimum absolute atomic E-state index is 0.0740. The molecule has 184 valence electrons. The smallest absolute Gasteiger partial charge is 0.326 e. The average molecular weight is 485 g/mol. The van der Waals surface area contributed by atoms with E-state index in [1.54, 1.807) is 26.0 Å². The molecule has 0 aliphatic carbocycles. The molecule has 8 N–H and O–H groups in total. The summed E-state index contributed by atoms with van der Waals surface area (Å²) in [5.74, 6) is -3.94. The van der Waals surface area contributed by atoms with Crippen LogP contribution in [0.3, 0.4) is 0 Å². The van der Waals surface area contributed by atoms with Gasteiger partial charge in [-0.05, 0) is 30.0 Å². The molecule has 0 saturated heterocycles. The normalized spacial score (nSPS) is 15.4. The predicted octanol–water partition coefficient (Wildman–Crippen LogP) is -1.23. The van der Waals surface area contributed by atoms with Gasteiger partial charge in [-0.25, -0.2) is 4.79 Å². The Labute approximate surface area is 197 Å². The highest BCUT2D eigenvalue weighted by atomic mass is 32.1. The number of phenols is 1. The third-order valence-corrected chi connectivity index (χ3v) is 5.50. The van der Waals surface area contributed by atoms with E-state index >= 15 is 0 Å². The fraction of sp³-hybridized carbons (Fsp3) is 0.524. The molecule has 5 unspecified atom stereocenters. The number of benzene rings is 1. The highest BCUT2D eigenvalue weighted by Crippen LogP contribution is 2.11. The van der Waals surface area contributed by atoms with E-state index in [4.69, 9.17) is 5.73 Å². The zero-order chi connectivity index (χ0) is 25.1. The zero-order valence-corrected chi connectivity index (χ0v) is 19.4. The third kappa shape index (κ3) is 8.91. The van der Waals surface area contributed by atoms with Crippen molar-refractivity contribution in [1.29, 1.82) is 0 Å². The van der Waals surface area contributed by atoms with Gasteiger partial charge in [-0.15, -0.1) is 0 Å². The standard InChI is InChI=1S/C21H32N4O7S/c1-3-11(2)17(21(31)32)25-19(29)15(9-26)23-20(30)16(10-33)24-18(28)14(22)8-12-4-6-13(27)7-5-12/h4-7,11,14-17,26-27,33H,3,8-10,22H2,1-2H3,(H,23,30)(H,24,28)(H,25,29)(H,31,32). The topological polar surface area (TPSA) is 191 Å². The minimum atomic E-state index is -1.42. The van der Waals surface area contributed by atoms with Gasteiger partial charge in [0.2, 0.25) is 17.7 Å². The van der Waals surface area contributed by atoms with Crippen LogP contribution in [-0.2, 0) is 25.6 Å². The number of carbonyl (C=O) groups is 4. The summed E-state index contributed by atoms with van der Waals surface area (Å²) >= 11 is 4.05. The van der Waals surface area contributed by atoms with Crippen LogP contribution in [-0.4, -0.2) is 75.5 Å². The van der Waals surface area contributed by atoms with Crippen LogP contribution < -0.4 is 21.7 Å². The first kappa shape index (κ1) is 28.2. The lowest BCUT2D eigenvalue weighted by Crippen LogP contribution is -2.59. The van der Waals surface area contributed by atoms with Gasteiger partial charge < -0.3 is 37.0 Å². The van der Waals surface area contributed by atoms with E-state index in [0.29, 0.717) is 12.0 Å². The molecule has 0 fully saturated rings. The largest absolute Gasteiger partial charge is 0.508 e. The van der Waals surface area contributed by atoms with Crippen LogP contribution in [0, 0.1) is 5.92 Å². The van der Waals surface area contributed by atoms with Crippen molar-refractivity contribution in [1.82, 2.24) is 16.0 Å². The average Bonchev–Trinajstić information content (AvgIpc) is 2.79. The summed E-state index contributed by atoms with van der Waals surface area (Å²) in [5, 5.41) is 35.2. The number of rotatable bonds is 13. The number of aliphatic hydroxyl groups is 1. The quantitative estimate of drug-likeness (QED) is 0.160. The Kier molecular flexibility index (Phi) is 11.7. The van der Waals surface area contributed by atoms with Crippen molar-refractivity contribution >= 4 is 36.3 Å². The molecule has 1 aromatic carbocycles. The highest BCUT2D eigenvalue weighted by Gasteiger charge is 2.31. The number of aliphatic carboxylic acids is 1. The molecular weight excluding hydrogens is 452 g/mol. The summed E-state index contributed by atoms with van der Waals surface area (Å²) in [7, 11) is 0. The van der Waals surface area contributed by atoms with Crippen LogP contribution in [0.5, 0.6) is 5.75 Å². The maximum atomic E-state index is 12.6. The number of nitrogens with one attached hydrogen (secondary N) is 3. The maximum absolute atomic E-state index is 12.6. The lowest BCUT2D eigenvalue weighted by molar-refractivity contribution is -0.144. The Morgan fingerprint density at radius 3 is 2.03 bits per heavy atom. The molecule has 12 heteroatoms. The molecule has 0 aliphatic rings. The van der Waals surface area contributed by atoms with E-state index in [2.05, 4.69) is 28.6 Å². The first-order chi connectivity index (χ1) is 15.5. The summed E-state index contributed by atoms with van der Waals surface area (Å²) in [6.07, 6.45) is 0.645. The van der Waals surface area contributed by atoms with Crippen molar-refractivity contribution in [3.8, 4) is 5.75 Å². The SMILES string of the molecule is CCC(C)C(NC(=O)C(CO)NC(=O)C(CS)NC(=O)C(N)Cc1ccc(O)cc1)C(=O)O. The van der Waals surface area contributed by atoms with Crippen LogP contribution in [0.2, 0.25) is 0 Å². The van der Waals surface area contributed by atoms with Crippen LogP contribution in [0.4, 0.5) is 0 Å². The van der Waals surface area contributed by atoms with E-state index in [-0.39, 0.29) is 23.8 Å². The molecule has 0 spiro atoms. The van der Waals surface area contributed by atoms with E-state index in [1.807, 2.05) is 0 Å². The number of carboxylic acid groups (broad SMARTS) is 1.